The number of carbonyl (C=O) groups is 2. The third-order valence-corrected chi connectivity index (χ3v) is 25.9. The summed E-state index contributed by atoms with van der Waals surface area (Å²) in [5.74, 6) is -1.86. The van der Waals surface area contributed by atoms with Gasteiger partial charge in [0.25, 0.3) is 0 Å². The van der Waals surface area contributed by atoms with Crippen molar-refractivity contribution in [2.45, 2.75) is 382 Å². The van der Waals surface area contributed by atoms with Crippen LogP contribution in [0.1, 0.15) is 13.8 Å². The van der Waals surface area contributed by atoms with Crippen LogP contribution in [-0.4, -0.2) is 643 Å². The first-order valence-electron chi connectivity index (χ1n) is 44.2. The smallest absolute Gasteiger partial charge is 0.217 e. The van der Waals surface area contributed by atoms with Gasteiger partial charge in [0, 0.05) is 13.8 Å². The van der Waals surface area contributed by atoms with Gasteiger partial charge in [-0.15, -0.1) is 0 Å². The van der Waals surface area contributed by atoms with E-state index in [0.717, 1.165) is 13.8 Å². The quantitative estimate of drug-likeness (QED) is 0.0277. The van der Waals surface area contributed by atoms with E-state index in [1.54, 1.807) is 0 Å². The highest BCUT2D eigenvalue weighted by Gasteiger charge is 2.64. The number of hydrogen-bond donors (Lipinski definition) is 38. The SMILES string of the molecule is CC(=O)N[C@H]1[C@H](O[C@H]2[C@H](O)[C@@H](NC(C)=O)C(O)O[C@@H]2CO)O[C@H](CO)[C@@H](O[C@H]2O[C@H](CO[C@H]3O[C@H](CO[C@H]4O[C@H](CO)[C@@H](O)[C@H](O)[C@@H]4O[C@H]4O[C@H](CO)[C@@H](O)[C@H](O)[C@@H]4O)[C@@H](O)[C@H](O[C@H]4O[C@H](CO)[C@@H](O)[C@H](O)[C@@H]4O[C@H]4O[C@H](CO)[C@@H](O)[C@H](O)[C@@H]4O[C@H]4O[C@H](CO)[C@@H](O)[C@H](O)[C@@H]4O)[C@@H]3O)[C@@H](O)[C@H](O[C@H]3O[C@H](CO)[C@@H](O)[C@H](O)[C@@H]3O[C@H]3O[C@H](CO)[C@@H](O)[C@H](O)[C@@H]3O[C@H]3O[C@H](CO)[C@@H](O)[C@H](O)[C@@H]3O)[C@@H]2O)[C@@H]1O. The van der Waals surface area contributed by atoms with Gasteiger partial charge in [-0.05, 0) is 0 Å². The first-order chi connectivity index (χ1) is 65.9. The van der Waals surface area contributed by atoms with Crippen molar-refractivity contribution in [1.82, 2.24) is 10.6 Å². The Morgan fingerprint density at radius 3 is 0.712 bits per heavy atom. The number of nitrogens with one attached hydrogen (secondary N) is 2. The molecular weight excluding hydrogens is 1920 g/mol. The summed E-state index contributed by atoms with van der Waals surface area (Å²) in [4.78, 5) is 25.5. The lowest BCUT2D eigenvalue weighted by Gasteiger charge is -2.51. The summed E-state index contributed by atoms with van der Waals surface area (Å²) in [7, 11) is 0. The molecule has 12 heterocycles. The number of carbonyl (C=O) groups excluding carboxylic acids is 2. The zero-order valence-corrected chi connectivity index (χ0v) is 73.4. The van der Waals surface area contributed by atoms with Gasteiger partial charge in [-0.2, -0.15) is 0 Å². The van der Waals surface area contributed by atoms with E-state index in [1.807, 2.05) is 0 Å². The fraction of sp³-hybridized carbons (Fsp3) is 0.974. The van der Waals surface area contributed by atoms with Crippen LogP contribution in [0.5, 0.6) is 0 Å². The van der Waals surface area contributed by atoms with E-state index in [2.05, 4.69) is 10.6 Å². The van der Waals surface area contributed by atoms with Gasteiger partial charge in [0.2, 0.25) is 11.8 Å². The minimum Gasteiger partial charge on any atom is -0.394 e. The van der Waals surface area contributed by atoms with Gasteiger partial charge in [-0.1, -0.05) is 0 Å². The Labute approximate surface area is 784 Å². The van der Waals surface area contributed by atoms with Crippen LogP contribution in [0.3, 0.4) is 0 Å². The van der Waals surface area contributed by atoms with Crippen molar-refractivity contribution >= 4 is 11.8 Å². The largest absolute Gasteiger partial charge is 0.394 e. The van der Waals surface area contributed by atoms with Gasteiger partial charge in [-0.3, -0.25) is 9.59 Å². The number of ether oxygens (including phenoxy) is 23. The molecule has 63 nitrogen and oxygen atoms in total. The average Bonchev–Trinajstić information content (AvgIpc) is 0.688. The second-order valence-corrected chi connectivity index (χ2v) is 35.2. The monoisotopic (exact) mass is 2040 g/mol. The van der Waals surface area contributed by atoms with Crippen LogP contribution in [0.15, 0.2) is 0 Å². The lowest BCUT2D eigenvalue weighted by Crippen LogP contribution is -2.70. The molecule has 1 unspecified atom stereocenters. The van der Waals surface area contributed by atoms with Crippen LogP contribution in [0, 0.1) is 0 Å². The van der Waals surface area contributed by atoms with Crippen molar-refractivity contribution in [3.8, 4) is 0 Å². The summed E-state index contributed by atoms with van der Waals surface area (Å²) >= 11 is 0. The molecule has 12 saturated heterocycles. The average molecular weight is 2050 g/mol. The summed E-state index contributed by atoms with van der Waals surface area (Å²) in [5, 5.41) is 408. The molecule has 60 atom stereocenters. The highest BCUT2D eigenvalue weighted by atomic mass is 16.8. The molecule has 2 amide bonds. The predicted octanol–water partition coefficient (Wildman–Crippen LogP) is -26.9. The number of hydrogen-bond acceptors (Lipinski definition) is 61. The molecule has 38 N–H and O–H groups in total. The van der Waals surface area contributed by atoms with Gasteiger partial charge in [0.15, 0.2) is 75.5 Å². The molecule has 12 fully saturated rings. The first kappa shape index (κ1) is 114. The van der Waals surface area contributed by atoms with Gasteiger partial charge in [0.1, 0.15) is 293 Å². The molecule has 12 aliphatic heterocycles. The van der Waals surface area contributed by atoms with E-state index >= 15 is 0 Å². The molecule has 808 valence electrons. The zero-order chi connectivity index (χ0) is 102. The van der Waals surface area contributed by atoms with E-state index in [9.17, 15) is 193 Å². The number of aliphatic hydroxyl groups is 36. The summed E-state index contributed by atoms with van der Waals surface area (Å²) in [6.45, 7) is -12.5. The Bertz CT molecular complexity index is 3730. The normalized spacial score (nSPS) is 51.9. The van der Waals surface area contributed by atoms with E-state index in [-0.39, 0.29) is 0 Å². The maximum atomic E-state index is 13.2. The molecule has 0 aromatic heterocycles. The number of amides is 2. The van der Waals surface area contributed by atoms with Crippen LogP contribution < -0.4 is 10.6 Å². The molecule has 12 aliphatic rings. The molecule has 0 spiro atoms. The Kier molecular flexibility index (Phi) is 41.0. The summed E-state index contributed by atoms with van der Waals surface area (Å²) < 4.78 is 136. The first-order valence-corrected chi connectivity index (χ1v) is 44.2. The fourth-order valence-corrected chi connectivity index (χ4v) is 17.9. The predicted molar refractivity (Wildman–Crippen MR) is 418 cm³/mol. The Hall–Kier alpha value is -3.42. The second-order valence-electron chi connectivity index (χ2n) is 35.2. The maximum Gasteiger partial charge on any atom is 0.217 e. The third kappa shape index (κ3) is 24.5. The fourth-order valence-electron chi connectivity index (χ4n) is 17.9. The van der Waals surface area contributed by atoms with E-state index < -0.39 is 459 Å². The van der Waals surface area contributed by atoms with E-state index in [0.29, 0.717) is 0 Å². The van der Waals surface area contributed by atoms with Gasteiger partial charge in [0.05, 0.1) is 79.3 Å². The Morgan fingerprint density at radius 1 is 0.187 bits per heavy atom. The Morgan fingerprint density at radius 2 is 0.396 bits per heavy atom. The molecule has 0 radical (unpaired) electrons. The lowest BCUT2D eigenvalue weighted by atomic mass is 9.94. The van der Waals surface area contributed by atoms with Crippen LogP contribution in [-0.2, 0) is 119 Å². The van der Waals surface area contributed by atoms with Crippen molar-refractivity contribution in [2.24, 2.45) is 0 Å². The zero-order valence-electron chi connectivity index (χ0n) is 73.4. The minimum absolute atomic E-state index is 0.839. The molecule has 0 saturated carbocycles. The third-order valence-electron chi connectivity index (χ3n) is 25.9. The highest BCUT2D eigenvalue weighted by Crippen LogP contribution is 2.43. The summed E-state index contributed by atoms with van der Waals surface area (Å²) in [6.07, 6.45) is -131. The van der Waals surface area contributed by atoms with Crippen LogP contribution in [0.4, 0.5) is 0 Å². The van der Waals surface area contributed by atoms with Gasteiger partial charge >= 0.3 is 0 Å². The molecule has 12 rings (SSSR count). The number of rotatable bonds is 36. The summed E-state index contributed by atoms with van der Waals surface area (Å²) in [6, 6.07) is -3.76. The van der Waals surface area contributed by atoms with Gasteiger partial charge < -0.3 is 303 Å². The van der Waals surface area contributed by atoms with E-state index in [4.69, 9.17) is 109 Å². The topological polar surface area (TPSA) is 999 Å². The number of aliphatic hydroxyl groups excluding tert-OH is 36. The van der Waals surface area contributed by atoms with Crippen LogP contribution in [0.2, 0.25) is 0 Å². The van der Waals surface area contributed by atoms with Crippen molar-refractivity contribution in [1.29, 1.82) is 0 Å². The van der Waals surface area contributed by atoms with E-state index in [1.165, 1.54) is 0 Å². The molecule has 139 heavy (non-hydrogen) atoms. The molecule has 0 bridgehead atoms. The standard InChI is InChI=1S/C76H128N2O61/c1-15(89)77-29-41(101)56(25(11-87)119-65(29)116)131-66-30(78-16(2)90)42(102)57(26(12-88)128-66)132-71-55(115)59(134-74-64(50(110)38(98)22(8-84)125-74)139-76-62(48(108)36(96)24(10-86)127-76)137-70-53(113)45(105)33(93)19(5-81)122-70)40(100)28(130-71)13-117-67-54(114)58(39(99)27(129-67)14-118-72-60(46(106)34(94)20(6-82)123-72)135-68-51(111)43(103)31(91)17(3-79)120-68)133-73-63(49(109)37(97)21(7-83)124-73)138-75-61(47(107)35(95)23(9-85)126-75)136-69-52(112)44(104)32(92)18(4-80)121-69/h17-76,79-88,91-116H,3-14H2,1-2H3,(H,77,89)(H,78,90)/t17-,18-,19-,20-,21-,22-,23-,24-,25-,26-,27-,28-,29-,30-,31-,32-,33-,34-,35-,36-,37-,38-,39-,40-,41-,42-,43+,44+,45+,46+,47+,48+,49+,50+,51+,52+,53+,54+,55+,56-,57-,58+,59+,60+,61+,62+,63+,64+,65?,66+,67+,68-,69-,70-,71-,72+,73-,74-,75-,76-/m1/s1. The second kappa shape index (κ2) is 49.8. The van der Waals surface area contributed by atoms with Crippen molar-refractivity contribution in [3.63, 3.8) is 0 Å². The maximum absolute atomic E-state index is 13.2. The molecule has 0 aliphatic carbocycles. The Balaban J connectivity index is 0.919. The lowest BCUT2D eigenvalue weighted by molar-refractivity contribution is -0.410. The molecule has 63 heteroatoms. The molecule has 0 aromatic carbocycles. The van der Waals surface area contributed by atoms with Gasteiger partial charge in [-0.25, -0.2) is 0 Å². The molecule has 0 aromatic rings. The van der Waals surface area contributed by atoms with Crippen LogP contribution >= 0.6 is 0 Å². The van der Waals surface area contributed by atoms with Crippen molar-refractivity contribution in [3.05, 3.63) is 0 Å². The minimum atomic E-state index is -2.74. The highest BCUT2D eigenvalue weighted by molar-refractivity contribution is 5.73. The molecular formula is C76H128N2O61. The van der Waals surface area contributed by atoms with Crippen LogP contribution in [0.25, 0.3) is 0 Å². The summed E-state index contributed by atoms with van der Waals surface area (Å²) in [5.41, 5.74) is 0. The van der Waals surface area contributed by atoms with Crippen molar-refractivity contribution in [2.75, 3.05) is 79.3 Å². The van der Waals surface area contributed by atoms with Crippen molar-refractivity contribution < 1.29 is 302 Å².